The van der Waals surface area contributed by atoms with Crippen molar-refractivity contribution in [2.24, 2.45) is 0 Å². The van der Waals surface area contributed by atoms with E-state index in [-0.39, 0.29) is 5.82 Å². The van der Waals surface area contributed by atoms with Crippen LogP contribution in [0.25, 0.3) is 0 Å². The monoisotopic (exact) mass is 284 g/mol. The molecule has 0 bridgehead atoms. The summed E-state index contributed by atoms with van der Waals surface area (Å²) in [5, 5.41) is 6.96. The average Bonchev–Trinajstić information content (AvgIpc) is 2.76. The number of nitrogens with zero attached hydrogens (tertiary/aromatic N) is 1. The fraction of sp³-hybridized carbons (Fsp3) is 0.182. The van der Waals surface area contributed by atoms with E-state index in [1.807, 2.05) is 0 Å². The minimum atomic E-state index is -0.250. The molecule has 2 rings (SSSR count). The van der Waals surface area contributed by atoms with Crippen LogP contribution in [0.2, 0.25) is 0 Å². The lowest BCUT2D eigenvalue weighted by Gasteiger charge is -2.03. The number of benzene rings is 1. The summed E-state index contributed by atoms with van der Waals surface area (Å²) < 4.78 is 18.1. The standard InChI is InChI=1S/C11H10BrFN2O/c12-10-5-8(1-2-11(10)13)6-14-7-9-3-4-16-15-9/h1-5,14H,6-7H2. The third-order valence-corrected chi connectivity index (χ3v) is 2.72. The molecule has 3 nitrogen and oxygen atoms in total. The number of aromatic nitrogens is 1. The van der Waals surface area contributed by atoms with Crippen LogP contribution in [-0.4, -0.2) is 5.16 Å². The zero-order valence-electron chi connectivity index (χ0n) is 8.41. The molecule has 0 fully saturated rings. The third kappa shape index (κ3) is 2.90. The van der Waals surface area contributed by atoms with Gasteiger partial charge in [-0.2, -0.15) is 0 Å². The van der Waals surface area contributed by atoms with E-state index in [4.69, 9.17) is 4.52 Å². The van der Waals surface area contributed by atoms with Crippen LogP contribution in [-0.2, 0) is 13.1 Å². The van der Waals surface area contributed by atoms with Crippen molar-refractivity contribution in [1.82, 2.24) is 10.5 Å². The molecule has 2 aromatic rings. The van der Waals surface area contributed by atoms with Crippen molar-refractivity contribution in [1.29, 1.82) is 0 Å². The summed E-state index contributed by atoms with van der Waals surface area (Å²) >= 11 is 3.15. The molecule has 0 radical (unpaired) electrons. The maximum Gasteiger partial charge on any atom is 0.137 e. The fourth-order valence-corrected chi connectivity index (χ4v) is 1.74. The van der Waals surface area contributed by atoms with Crippen LogP contribution in [0.3, 0.4) is 0 Å². The molecule has 1 aromatic carbocycles. The summed E-state index contributed by atoms with van der Waals surface area (Å²) in [5.74, 6) is -0.250. The van der Waals surface area contributed by atoms with Crippen LogP contribution >= 0.6 is 15.9 Å². The van der Waals surface area contributed by atoms with Crippen molar-refractivity contribution in [3.8, 4) is 0 Å². The molecule has 0 aliphatic carbocycles. The van der Waals surface area contributed by atoms with Crippen molar-refractivity contribution in [3.63, 3.8) is 0 Å². The minimum absolute atomic E-state index is 0.250. The first-order valence-electron chi connectivity index (χ1n) is 4.79. The number of nitrogens with one attached hydrogen (secondary N) is 1. The quantitative estimate of drug-likeness (QED) is 0.938. The van der Waals surface area contributed by atoms with Gasteiger partial charge in [0.1, 0.15) is 12.1 Å². The van der Waals surface area contributed by atoms with E-state index < -0.39 is 0 Å². The maximum absolute atomic E-state index is 13.0. The highest BCUT2D eigenvalue weighted by Gasteiger charge is 2.01. The van der Waals surface area contributed by atoms with Crippen LogP contribution in [0.1, 0.15) is 11.3 Å². The van der Waals surface area contributed by atoms with Gasteiger partial charge in [-0.3, -0.25) is 0 Å². The Balaban J connectivity index is 1.87. The van der Waals surface area contributed by atoms with Gasteiger partial charge in [0.15, 0.2) is 0 Å². The average molecular weight is 285 g/mol. The van der Waals surface area contributed by atoms with E-state index >= 15 is 0 Å². The zero-order valence-corrected chi connectivity index (χ0v) is 10.00. The molecule has 0 saturated carbocycles. The molecular weight excluding hydrogens is 275 g/mol. The second kappa shape index (κ2) is 5.23. The Labute approximate surface area is 101 Å². The Morgan fingerprint density at radius 1 is 1.31 bits per heavy atom. The first-order valence-corrected chi connectivity index (χ1v) is 5.59. The Morgan fingerprint density at radius 3 is 2.88 bits per heavy atom. The van der Waals surface area contributed by atoms with Crippen molar-refractivity contribution < 1.29 is 8.91 Å². The van der Waals surface area contributed by atoms with Gasteiger partial charge in [0.2, 0.25) is 0 Å². The van der Waals surface area contributed by atoms with Crippen molar-refractivity contribution >= 4 is 15.9 Å². The summed E-state index contributed by atoms with van der Waals surface area (Å²) in [4.78, 5) is 0. The second-order valence-corrected chi connectivity index (χ2v) is 4.20. The number of halogens is 2. The normalized spacial score (nSPS) is 10.6. The second-order valence-electron chi connectivity index (χ2n) is 3.34. The van der Waals surface area contributed by atoms with E-state index in [0.717, 1.165) is 11.3 Å². The lowest BCUT2D eigenvalue weighted by atomic mass is 10.2. The van der Waals surface area contributed by atoms with Gasteiger partial charge in [0, 0.05) is 19.2 Å². The van der Waals surface area contributed by atoms with Crippen molar-refractivity contribution in [2.75, 3.05) is 0 Å². The highest BCUT2D eigenvalue weighted by molar-refractivity contribution is 9.10. The molecule has 0 amide bonds. The Hall–Kier alpha value is -1.20. The van der Waals surface area contributed by atoms with E-state index in [2.05, 4.69) is 26.4 Å². The molecular formula is C11H10BrFN2O. The number of rotatable bonds is 4. The topological polar surface area (TPSA) is 38.1 Å². The molecule has 0 spiro atoms. The summed E-state index contributed by atoms with van der Waals surface area (Å²) in [6.45, 7) is 1.29. The predicted molar refractivity (Wildman–Crippen MR) is 61.1 cm³/mol. The van der Waals surface area contributed by atoms with E-state index in [0.29, 0.717) is 17.6 Å². The fourth-order valence-electron chi connectivity index (χ4n) is 1.31. The third-order valence-electron chi connectivity index (χ3n) is 2.11. The van der Waals surface area contributed by atoms with Gasteiger partial charge in [-0.1, -0.05) is 11.2 Å². The van der Waals surface area contributed by atoms with Crippen molar-refractivity contribution in [2.45, 2.75) is 13.1 Å². The summed E-state index contributed by atoms with van der Waals surface area (Å²) in [5.41, 5.74) is 1.86. The molecule has 1 heterocycles. The largest absolute Gasteiger partial charge is 0.364 e. The summed E-state index contributed by atoms with van der Waals surface area (Å²) in [6, 6.07) is 6.74. The van der Waals surface area contributed by atoms with Crippen molar-refractivity contribution in [3.05, 3.63) is 52.1 Å². The molecule has 1 N–H and O–H groups in total. The summed E-state index contributed by atoms with van der Waals surface area (Å²) in [6.07, 6.45) is 1.53. The Kier molecular flexibility index (Phi) is 3.69. The molecule has 84 valence electrons. The molecule has 0 aliphatic rings. The van der Waals surface area contributed by atoms with Crippen LogP contribution < -0.4 is 5.32 Å². The smallest absolute Gasteiger partial charge is 0.137 e. The SMILES string of the molecule is Fc1ccc(CNCc2ccon2)cc1Br. The van der Waals surface area contributed by atoms with Gasteiger partial charge in [0.05, 0.1) is 10.2 Å². The van der Waals surface area contributed by atoms with Gasteiger partial charge in [-0.25, -0.2) is 4.39 Å². The first-order chi connectivity index (χ1) is 7.75. The Bertz CT molecular complexity index is 459. The van der Waals surface area contributed by atoms with E-state index in [1.54, 1.807) is 18.2 Å². The minimum Gasteiger partial charge on any atom is -0.364 e. The van der Waals surface area contributed by atoms with Gasteiger partial charge in [-0.15, -0.1) is 0 Å². The highest BCUT2D eigenvalue weighted by Crippen LogP contribution is 2.16. The molecule has 0 atom stereocenters. The number of hydrogen-bond acceptors (Lipinski definition) is 3. The molecule has 5 heteroatoms. The van der Waals surface area contributed by atoms with Gasteiger partial charge >= 0.3 is 0 Å². The highest BCUT2D eigenvalue weighted by atomic mass is 79.9. The van der Waals surface area contributed by atoms with Gasteiger partial charge in [-0.05, 0) is 33.6 Å². The van der Waals surface area contributed by atoms with E-state index in [9.17, 15) is 4.39 Å². The molecule has 0 unspecified atom stereocenters. The van der Waals surface area contributed by atoms with Crippen LogP contribution in [0.5, 0.6) is 0 Å². The number of hydrogen-bond donors (Lipinski definition) is 1. The lowest BCUT2D eigenvalue weighted by molar-refractivity contribution is 0.408. The molecule has 0 saturated heterocycles. The van der Waals surface area contributed by atoms with E-state index in [1.165, 1.54) is 12.3 Å². The molecule has 16 heavy (non-hydrogen) atoms. The van der Waals surface area contributed by atoms with Gasteiger partial charge < -0.3 is 9.84 Å². The molecule has 0 aliphatic heterocycles. The summed E-state index contributed by atoms with van der Waals surface area (Å²) in [7, 11) is 0. The molecule has 1 aromatic heterocycles. The van der Waals surface area contributed by atoms with Crippen LogP contribution in [0.15, 0.2) is 39.5 Å². The van der Waals surface area contributed by atoms with Crippen LogP contribution in [0, 0.1) is 5.82 Å². The lowest BCUT2D eigenvalue weighted by Crippen LogP contribution is -2.12. The zero-order chi connectivity index (χ0) is 11.4. The van der Waals surface area contributed by atoms with Crippen LogP contribution in [0.4, 0.5) is 4.39 Å². The maximum atomic E-state index is 13.0. The Morgan fingerprint density at radius 2 is 2.19 bits per heavy atom. The van der Waals surface area contributed by atoms with Gasteiger partial charge in [0.25, 0.3) is 0 Å². The predicted octanol–water partition coefficient (Wildman–Crippen LogP) is 2.87. The first kappa shape index (κ1) is 11.3.